The third-order valence-corrected chi connectivity index (χ3v) is 3.65. The molecule has 1 aromatic rings. The highest BCUT2D eigenvalue weighted by molar-refractivity contribution is 9.11. The van der Waals surface area contributed by atoms with E-state index in [0.29, 0.717) is 6.42 Å². The summed E-state index contributed by atoms with van der Waals surface area (Å²) in [5.41, 5.74) is 6.32. The lowest BCUT2D eigenvalue weighted by Gasteiger charge is -2.20. The molecule has 3 N–H and O–H groups in total. The van der Waals surface area contributed by atoms with E-state index >= 15 is 0 Å². The second kappa shape index (κ2) is 6.52. The van der Waals surface area contributed by atoms with Crippen LogP contribution in [0.25, 0.3) is 0 Å². The van der Waals surface area contributed by atoms with Gasteiger partial charge in [-0.1, -0.05) is 37.9 Å². The monoisotopic (exact) mass is 362 g/mol. The van der Waals surface area contributed by atoms with Crippen LogP contribution in [-0.4, -0.2) is 11.9 Å². The van der Waals surface area contributed by atoms with Crippen LogP contribution in [0.5, 0.6) is 0 Å². The Kier molecular flexibility index (Phi) is 5.62. The number of hydrogen-bond acceptors (Lipinski definition) is 2. The molecule has 2 unspecified atom stereocenters. The van der Waals surface area contributed by atoms with Gasteiger partial charge in [-0.3, -0.25) is 4.79 Å². The van der Waals surface area contributed by atoms with Gasteiger partial charge < -0.3 is 11.1 Å². The number of benzene rings is 1. The first kappa shape index (κ1) is 14.7. The van der Waals surface area contributed by atoms with Crippen LogP contribution in [0.15, 0.2) is 27.1 Å². The highest BCUT2D eigenvalue weighted by Gasteiger charge is 2.13. The van der Waals surface area contributed by atoms with Crippen molar-refractivity contribution in [3.05, 3.63) is 32.7 Å². The van der Waals surface area contributed by atoms with Crippen LogP contribution in [0.1, 0.15) is 31.9 Å². The molecule has 0 aliphatic carbocycles. The van der Waals surface area contributed by atoms with Crippen LogP contribution in [0, 0.1) is 0 Å². The van der Waals surface area contributed by atoms with Crippen molar-refractivity contribution in [3.8, 4) is 0 Å². The van der Waals surface area contributed by atoms with E-state index in [4.69, 9.17) is 5.73 Å². The zero-order chi connectivity index (χ0) is 13.0. The summed E-state index contributed by atoms with van der Waals surface area (Å²) in [6.45, 7) is 4.01. The van der Waals surface area contributed by atoms with Crippen molar-refractivity contribution in [1.82, 2.24) is 5.32 Å². The fourth-order valence-electron chi connectivity index (χ4n) is 1.73. The highest BCUT2D eigenvalue weighted by atomic mass is 79.9. The number of nitrogens with two attached hydrogens (primary N) is 1. The molecule has 0 aliphatic rings. The lowest BCUT2D eigenvalue weighted by Crippen LogP contribution is -2.33. The molecule has 1 aromatic carbocycles. The highest BCUT2D eigenvalue weighted by Crippen LogP contribution is 2.27. The Morgan fingerprint density at radius 3 is 2.59 bits per heavy atom. The van der Waals surface area contributed by atoms with Crippen molar-refractivity contribution >= 4 is 37.8 Å². The van der Waals surface area contributed by atoms with Crippen molar-refractivity contribution < 1.29 is 4.79 Å². The molecule has 0 spiro atoms. The maximum Gasteiger partial charge on any atom is 0.218 e. The number of nitrogens with one attached hydrogen (secondary N) is 1. The van der Waals surface area contributed by atoms with E-state index < -0.39 is 0 Å². The van der Waals surface area contributed by atoms with Crippen LogP contribution in [-0.2, 0) is 4.79 Å². The third-order valence-electron chi connectivity index (χ3n) is 2.47. The van der Waals surface area contributed by atoms with E-state index in [1.807, 2.05) is 25.1 Å². The molecule has 0 bridgehead atoms. The predicted molar refractivity (Wildman–Crippen MR) is 76.7 cm³/mol. The molecular weight excluding hydrogens is 348 g/mol. The molecule has 1 rings (SSSR count). The Morgan fingerprint density at radius 1 is 1.41 bits per heavy atom. The van der Waals surface area contributed by atoms with Crippen molar-refractivity contribution in [2.75, 3.05) is 0 Å². The van der Waals surface area contributed by atoms with E-state index in [-0.39, 0.29) is 18.0 Å². The summed E-state index contributed by atoms with van der Waals surface area (Å²) in [4.78, 5) is 10.8. The van der Waals surface area contributed by atoms with Gasteiger partial charge in [0.15, 0.2) is 0 Å². The minimum absolute atomic E-state index is 0.0676. The minimum Gasteiger partial charge on any atom is -0.370 e. The van der Waals surface area contributed by atoms with Crippen LogP contribution < -0.4 is 11.1 Å². The van der Waals surface area contributed by atoms with Gasteiger partial charge in [-0.25, -0.2) is 0 Å². The third kappa shape index (κ3) is 4.77. The fourth-order valence-corrected chi connectivity index (χ4v) is 3.12. The Labute approximate surface area is 118 Å². The molecule has 3 nitrogen and oxygen atoms in total. The van der Waals surface area contributed by atoms with Crippen LogP contribution in [0.3, 0.4) is 0 Å². The zero-order valence-electron chi connectivity index (χ0n) is 9.84. The lowest BCUT2D eigenvalue weighted by molar-refractivity contribution is -0.118. The molecule has 5 heteroatoms. The predicted octanol–water partition coefficient (Wildman–Crippen LogP) is 3.13. The average Bonchev–Trinajstić information content (AvgIpc) is 2.15. The maximum absolute atomic E-state index is 10.8. The Balaban J connectivity index is 2.69. The molecule has 0 saturated heterocycles. The maximum atomic E-state index is 10.8. The fraction of sp³-hybridized carbons (Fsp3) is 0.417. The van der Waals surface area contributed by atoms with Gasteiger partial charge in [0, 0.05) is 27.4 Å². The molecule has 17 heavy (non-hydrogen) atoms. The van der Waals surface area contributed by atoms with E-state index in [1.54, 1.807) is 0 Å². The molecule has 0 radical (unpaired) electrons. The van der Waals surface area contributed by atoms with Crippen LogP contribution in [0.2, 0.25) is 0 Å². The second-order valence-corrected chi connectivity index (χ2v) is 5.90. The summed E-state index contributed by atoms with van der Waals surface area (Å²) in [5, 5.41) is 3.34. The largest absolute Gasteiger partial charge is 0.370 e. The van der Waals surface area contributed by atoms with Crippen molar-refractivity contribution in [3.63, 3.8) is 0 Å². The Morgan fingerprint density at radius 2 is 2.06 bits per heavy atom. The molecule has 0 saturated carbocycles. The second-order valence-electron chi connectivity index (χ2n) is 4.13. The van der Waals surface area contributed by atoms with Gasteiger partial charge in [0.25, 0.3) is 0 Å². The van der Waals surface area contributed by atoms with Crippen LogP contribution in [0.4, 0.5) is 0 Å². The first-order valence-electron chi connectivity index (χ1n) is 5.39. The molecule has 94 valence electrons. The smallest absolute Gasteiger partial charge is 0.218 e. The summed E-state index contributed by atoms with van der Waals surface area (Å²) in [5.74, 6) is -0.285. The number of rotatable bonds is 5. The van der Waals surface area contributed by atoms with Crippen molar-refractivity contribution in [2.45, 2.75) is 32.4 Å². The van der Waals surface area contributed by atoms with Crippen molar-refractivity contribution in [2.24, 2.45) is 5.73 Å². The zero-order valence-corrected chi connectivity index (χ0v) is 13.0. The van der Waals surface area contributed by atoms with Gasteiger partial charge in [0.2, 0.25) is 5.91 Å². The number of carbonyl (C=O) groups is 1. The summed E-state index contributed by atoms with van der Waals surface area (Å²) in [6.07, 6.45) is 0.346. The van der Waals surface area contributed by atoms with E-state index in [2.05, 4.69) is 44.1 Å². The van der Waals surface area contributed by atoms with Gasteiger partial charge in [0.1, 0.15) is 0 Å². The topological polar surface area (TPSA) is 55.1 Å². The lowest BCUT2D eigenvalue weighted by atomic mass is 10.1. The number of hydrogen-bond donors (Lipinski definition) is 2. The molecular formula is C12H16Br2N2O. The summed E-state index contributed by atoms with van der Waals surface area (Å²) in [6, 6.07) is 6.27. The number of amides is 1. The van der Waals surface area contributed by atoms with Gasteiger partial charge in [-0.05, 0) is 31.5 Å². The normalized spacial score (nSPS) is 14.4. The number of halogens is 2. The minimum atomic E-state index is -0.285. The van der Waals surface area contributed by atoms with E-state index in [1.165, 1.54) is 0 Å². The standard InChI is InChI=1S/C12H16Br2N2O/c1-7(5-12(15)17)16-8(2)10-4-3-9(13)6-11(10)14/h3-4,6-8,16H,5H2,1-2H3,(H2,15,17). The molecule has 0 heterocycles. The summed E-state index contributed by atoms with van der Waals surface area (Å²) in [7, 11) is 0. The number of primary amides is 1. The van der Waals surface area contributed by atoms with Gasteiger partial charge in [0.05, 0.1) is 0 Å². The molecule has 2 atom stereocenters. The van der Waals surface area contributed by atoms with E-state index in [0.717, 1.165) is 14.5 Å². The quantitative estimate of drug-likeness (QED) is 0.844. The average molecular weight is 364 g/mol. The first-order valence-corrected chi connectivity index (χ1v) is 6.98. The molecule has 1 amide bonds. The van der Waals surface area contributed by atoms with E-state index in [9.17, 15) is 4.79 Å². The van der Waals surface area contributed by atoms with Gasteiger partial charge in [-0.2, -0.15) is 0 Å². The van der Waals surface area contributed by atoms with Gasteiger partial charge in [-0.15, -0.1) is 0 Å². The molecule has 0 fully saturated rings. The molecule has 0 aromatic heterocycles. The number of carbonyl (C=O) groups excluding carboxylic acids is 1. The Bertz CT molecular complexity index is 409. The SMILES string of the molecule is CC(CC(N)=O)NC(C)c1ccc(Br)cc1Br. The first-order chi connectivity index (χ1) is 7.90. The summed E-state index contributed by atoms with van der Waals surface area (Å²) < 4.78 is 2.07. The Hall–Kier alpha value is -0.390. The van der Waals surface area contributed by atoms with Crippen LogP contribution >= 0.6 is 31.9 Å². The summed E-state index contributed by atoms with van der Waals surface area (Å²) >= 11 is 6.94. The van der Waals surface area contributed by atoms with Crippen molar-refractivity contribution in [1.29, 1.82) is 0 Å². The van der Waals surface area contributed by atoms with Gasteiger partial charge >= 0.3 is 0 Å². The molecule has 0 aliphatic heterocycles.